The van der Waals surface area contributed by atoms with E-state index in [9.17, 15) is 4.79 Å². The van der Waals surface area contributed by atoms with E-state index in [4.69, 9.17) is 4.74 Å². The highest BCUT2D eigenvalue weighted by atomic mass is 16.5. The van der Waals surface area contributed by atoms with E-state index in [0.717, 1.165) is 18.2 Å². The van der Waals surface area contributed by atoms with Crippen molar-refractivity contribution in [2.75, 3.05) is 39.2 Å². The zero-order valence-corrected chi connectivity index (χ0v) is 11.6. The molecule has 1 aliphatic carbocycles. The van der Waals surface area contributed by atoms with Crippen molar-refractivity contribution in [3.05, 3.63) is 24.0 Å². The molecule has 1 amide bonds. The molecule has 0 aliphatic heterocycles. The summed E-state index contributed by atoms with van der Waals surface area (Å²) in [5, 5.41) is 2.97. The van der Waals surface area contributed by atoms with E-state index in [1.165, 1.54) is 12.8 Å². The van der Waals surface area contributed by atoms with Crippen LogP contribution in [-0.4, -0.2) is 49.6 Å². The predicted molar refractivity (Wildman–Crippen MR) is 74.3 cm³/mol. The van der Waals surface area contributed by atoms with Crippen LogP contribution in [0.3, 0.4) is 0 Å². The molecule has 0 bridgehead atoms. The molecular weight excluding hydrogens is 242 g/mol. The number of ether oxygens (including phenoxy) is 1. The second-order valence-corrected chi connectivity index (χ2v) is 4.93. The van der Waals surface area contributed by atoms with Crippen molar-refractivity contribution < 1.29 is 9.53 Å². The van der Waals surface area contributed by atoms with Crippen molar-refractivity contribution in [1.29, 1.82) is 0 Å². The molecule has 5 heteroatoms. The van der Waals surface area contributed by atoms with Crippen LogP contribution in [0, 0.1) is 5.92 Å². The Morgan fingerprint density at radius 3 is 2.89 bits per heavy atom. The third-order valence-corrected chi connectivity index (χ3v) is 3.24. The molecule has 5 nitrogen and oxygen atoms in total. The molecule has 0 aromatic carbocycles. The largest absolute Gasteiger partial charge is 0.387 e. The maximum absolute atomic E-state index is 12.1. The molecule has 1 saturated carbocycles. The summed E-state index contributed by atoms with van der Waals surface area (Å²) in [5.41, 5.74) is 1.36. The Morgan fingerprint density at radius 1 is 1.53 bits per heavy atom. The summed E-state index contributed by atoms with van der Waals surface area (Å²) in [4.78, 5) is 17.9. The lowest BCUT2D eigenvalue weighted by Gasteiger charge is -2.16. The van der Waals surface area contributed by atoms with Gasteiger partial charge in [0.2, 0.25) is 0 Å². The van der Waals surface area contributed by atoms with E-state index in [-0.39, 0.29) is 5.91 Å². The molecule has 1 heterocycles. The van der Waals surface area contributed by atoms with Crippen LogP contribution in [0.4, 0.5) is 5.69 Å². The SMILES string of the molecule is CNc1ccc(C(=O)N(C)CCOCC2CC2)nc1. The fourth-order valence-corrected chi connectivity index (χ4v) is 1.70. The minimum absolute atomic E-state index is 0.0716. The minimum atomic E-state index is -0.0716. The number of hydrogen-bond donors (Lipinski definition) is 1. The van der Waals surface area contributed by atoms with Gasteiger partial charge in [0.1, 0.15) is 5.69 Å². The molecule has 1 N–H and O–H groups in total. The number of carbonyl (C=O) groups excluding carboxylic acids is 1. The van der Waals surface area contributed by atoms with E-state index in [1.807, 2.05) is 13.1 Å². The second kappa shape index (κ2) is 6.52. The third-order valence-electron chi connectivity index (χ3n) is 3.24. The fraction of sp³-hybridized carbons (Fsp3) is 0.571. The van der Waals surface area contributed by atoms with Gasteiger partial charge in [-0.3, -0.25) is 4.79 Å². The number of amides is 1. The summed E-state index contributed by atoms with van der Waals surface area (Å²) in [6.45, 7) is 2.02. The third kappa shape index (κ3) is 4.21. The Labute approximate surface area is 114 Å². The van der Waals surface area contributed by atoms with E-state index in [0.29, 0.717) is 18.8 Å². The van der Waals surface area contributed by atoms with E-state index < -0.39 is 0 Å². The van der Waals surface area contributed by atoms with Crippen LogP contribution in [0.2, 0.25) is 0 Å². The van der Waals surface area contributed by atoms with Crippen molar-refractivity contribution in [2.45, 2.75) is 12.8 Å². The van der Waals surface area contributed by atoms with Gasteiger partial charge in [-0.1, -0.05) is 0 Å². The average Bonchev–Trinajstić information content (AvgIpc) is 3.27. The van der Waals surface area contributed by atoms with Gasteiger partial charge in [0.25, 0.3) is 5.91 Å². The summed E-state index contributed by atoms with van der Waals surface area (Å²) < 4.78 is 5.53. The lowest BCUT2D eigenvalue weighted by atomic mass is 10.3. The van der Waals surface area contributed by atoms with Crippen molar-refractivity contribution in [3.63, 3.8) is 0 Å². The molecule has 0 spiro atoms. The number of pyridine rings is 1. The molecule has 1 fully saturated rings. The lowest BCUT2D eigenvalue weighted by molar-refractivity contribution is 0.0676. The lowest BCUT2D eigenvalue weighted by Crippen LogP contribution is -2.30. The van der Waals surface area contributed by atoms with Gasteiger partial charge in [-0.05, 0) is 30.9 Å². The highest BCUT2D eigenvalue weighted by Crippen LogP contribution is 2.28. The molecule has 1 aromatic rings. The molecule has 0 atom stereocenters. The van der Waals surface area contributed by atoms with Gasteiger partial charge >= 0.3 is 0 Å². The van der Waals surface area contributed by atoms with Crippen LogP contribution < -0.4 is 5.32 Å². The Bertz CT molecular complexity index is 415. The van der Waals surface area contributed by atoms with Gasteiger partial charge in [-0.2, -0.15) is 0 Å². The smallest absolute Gasteiger partial charge is 0.272 e. The Balaban J connectivity index is 1.76. The highest BCUT2D eigenvalue weighted by Gasteiger charge is 2.21. The maximum Gasteiger partial charge on any atom is 0.272 e. The molecule has 1 aromatic heterocycles. The number of nitrogens with one attached hydrogen (secondary N) is 1. The maximum atomic E-state index is 12.1. The first-order chi connectivity index (χ1) is 9.20. The summed E-state index contributed by atoms with van der Waals surface area (Å²) in [6, 6.07) is 3.58. The summed E-state index contributed by atoms with van der Waals surface area (Å²) in [5.74, 6) is 0.689. The van der Waals surface area contributed by atoms with Crippen LogP contribution >= 0.6 is 0 Å². The van der Waals surface area contributed by atoms with E-state index >= 15 is 0 Å². The second-order valence-electron chi connectivity index (χ2n) is 4.93. The summed E-state index contributed by atoms with van der Waals surface area (Å²) in [6.07, 6.45) is 4.23. The minimum Gasteiger partial charge on any atom is -0.387 e. The molecule has 19 heavy (non-hydrogen) atoms. The fourth-order valence-electron chi connectivity index (χ4n) is 1.70. The number of nitrogens with zero attached hydrogens (tertiary/aromatic N) is 2. The van der Waals surface area contributed by atoms with Crippen molar-refractivity contribution >= 4 is 11.6 Å². The number of anilines is 1. The predicted octanol–water partition coefficient (Wildman–Crippen LogP) is 1.62. The monoisotopic (exact) mass is 263 g/mol. The zero-order valence-electron chi connectivity index (χ0n) is 11.6. The molecule has 0 unspecified atom stereocenters. The van der Waals surface area contributed by atoms with Crippen molar-refractivity contribution in [2.24, 2.45) is 5.92 Å². The molecular formula is C14H21N3O2. The van der Waals surface area contributed by atoms with Crippen LogP contribution in [0.1, 0.15) is 23.3 Å². The van der Waals surface area contributed by atoms with Crippen LogP contribution in [0.15, 0.2) is 18.3 Å². The van der Waals surface area contributed by atoms with Crippen LogP contribution in [0.25, 0.3) is 0 Å². The number of carbonyl (C=O) groups is 1. The number of aromatic nitrogens is 1. The van der Waals surface area contributed by atoms with Gasteiger partial charge < -0.3 is 15.0 Å². The van der Waals surface area contributed by atoms with Crippen LogP contribution in [0.5, 0.6) is 0 Å². The summed E-state index contributed by atoms with van der Waals surface area (Å²) in [7, 11) is 3.60. The molecule has 104 valence electrons. The molecule has 1 aliphatic rings. The first-order valence-electron chi connectivity index (χ1n) is 6.67. The Morgan fingerprint density at radius 2 is 2.32 bits per heavy atom. The Kier molecular flexibility index (Phi) is 4.74. The summed E-state index contributed by atoms with van der Waals surface area (Å²) >= 11 is 0. The quantitative estimate of drug-likeness (QED) is 0.760. The molecule has 2 rings (SSSR count). The van der Waals surface area contributed by atoms with E-state index in [1.54, 1.807) is 24.2 Å². The van der Waals surface area contributed by atoms with Crippen LogP contribution in [-0.2, 0) is 4.74 Å². The average molecular weight is 263 g/mol. The van der Waals surface area contributed by atoms with Gasteiger partial charge in [-0.15, -0.1) is 0 Å². The highest BCUT2D eigenvalue weighted by molar-refractivity contribution is 5.92. The number of likely N-dealkylation sites (N-methyl/N-ethyl adjacent to an activating group) is 1. The van der Waals surface area contributed by atoms with Gasteiger partial charge in [0.05, 0.1) is 18.5 Å². The van der Waals surface area contributed by atoms with Gasteiger partial charge in [0, 0.05) is 27.2 Å². The standard InChI is InChI=1S/C14H21N3O2/c1-15-12-5-6-13(16-9-12)14(18)17(2)7-8-19-10-11-3-4-11/h5-6,9,11,15H,3-4,7-8,10H2,1-2H3. The Hall–Kier alpha value is -1.62. The topological polar surface area (TPSA) is 54.5 Å². The van der Waals surface area contributed by atoms with Crippen molar-refractivity contribution in [3.8, 4) is 0 Å². The molecule has 0 radical (unpaired) electrons. The van der Waals surface area contributed by atoms with Crippen molar-refractivity contribution in [1.82, 2.24) is 9.88 Å². The normalized spacial score (nSPS) is 14.2. The number of hydrogen-bond acceptors (Lipinski definition) is 4. The zero-order chi connectivity index (χ0) is 13.7. The van der Waals surface area contributed by atoms with Gasteiger partial charge in [-0.25, -0.2) is 4.98 Å². The molecule has 0 saturated heterocycles. The van der Waals surface area contributed by atoms with Gasteiger partial charge in [0.15, 0.2) is 0 Å². The number of rotatable bonds is 7. The first kappa shape index (κ1) is 13.8. The van der Waals surface area contributed by atoms with E-state index in [2.05, 4.69) is 10.3 Å². The first-order valence-corrected chi connectivity index (χ1v) is 6.67.